The topological polar surface area (TPSA) is 52.8 Å². The third kappa shape index (κ3) is 3.88. The van der Waals surface area contributed by atoms with E-state index in [2.05, 4.69) is 11.6 Å². The number of nitrogens with zero attached hydrogens (tertiary/aromatic N) is 2. The lowest BCUT2D eigenvalue weighted by atomic mass is 10.2. The van der Waals surface area contributed by atoms with E-state index in [0.29, 0.717) is 38.5 Å². The van der Waals surface area contributed by atoms with E-state index in [1.807, 2.05) is 4.57 Å². The van der Waals surface area contributed by atoms with E-state index in [9.17, 15) is 4.79 Å². The van der Waals surface area contributed by atoms with Gasteiger partial charge in [0.15, 0.2) is 16.3 Å². The molecule has 140 valence electrons. The zero-order valence-electron chi connectivity index (χ0n) is 14.7. The molecular formula is C19H16Cl2N2O3S. The molecule has 5 nitrogen and oxygen atoms in total. The van der Waals surface area contributed by atoms with Crippen LogP contribution in [0.5, 0.6) is 11.5 Å². The number of benzene rings is 2. The van der Waals surface area contributed by atoms with Gasteiger partial charge in [-0.15, -0.1) is 6.58 Å². The summed E-state index contributed by atoms with van der Waals surface area (Å²) in [5.41, 5.74) is 1.16. The van der Waals surface area contributed by atoms with E-state index in [1.165, 1.54) is 25.6 Å². The number of amides is 1. The second-order valence-electron chi connectivity index (χ2n) is 5.50. The first-order valence-corrected chi connectivity index (χ1v) is 9.46. The Balaban J connectivity index is 2.15. The van der Waals surface area contributed by atoms with Crippen molar-refractivity contribution in [3.05, 3.63) is 63.4 Å². The van der Waals surface area contributed by atoms with Crippen molar-refractivity contribution in [2.24, 2.45) is 4.99 Å². The van der Waals surface area contributed by atoms with E-state index in [1.54, 1.807) is 36.4 Å². The predicted octanol–water partition coefficient (Wildman–Crippen LogP) is 4.95. The van der Waals surface area contributed by atoms with Crippen LogP contribution in [-0.4, -0.2) is 24.7 Å². The van der Waals surface area contributed by atoms with Crippen LogP contribution in [0.15, 0.2) is 48.0 Å². The van der Waals surface area contributed by atoms with Crippen LogP contribution in [0.4, 0.5) is 0 Å². The quantitative estimate of drug-likeness (QED) is 0.546. The van der Waals surface area contributed by atoms with Crippen molar-refractivity contribution in [2.75, 3.05) is 14.2 Å². The third-order valence-corrected chi connectivity index (χ3v) is 5.37. The molecule has 1 amide bonds. The van der Waals surface area contributed by atoms with Crippen molar-refractivity contribution in [3.63, 3.8) is 0 Å². The highest BCUT2D eigenvalue weighted by Crippen LogP contribution is 2.30. The molecule has 0 bridgehead atoms. The van der Waals surface area contributed by atoms with Crippen LogP contribution in [0.3, 0.4) is 0 Å². The molecule has 0 N–H and O–H groups in total. The first kappa shape index (κ1) is 19.5. The molecule has 3 aromatic rings. The maximum absolute atomic E-state index is 12.7. The Morgan fingerprint density at radius 2 is 1.96 bits per heavy atom. The minimum absolute atomic E-state index is 0.388. The van der Waals surface area contributed by atoms with Crippen LogP contribution in [0.25, 0.3) is 10.2 Å². The van der Waals surface area contributed by atoms with Crippen LogP contribution in [0, 0.1) is 0 Å². The van der Waals surface area contributed by atoms with Gasteiger partial charge in [-0.1, -0.05) is 40.6 Å². The van der Waals surface area contributed by atoms with Crippen molar-refractivity contribution in [2.45, 2.75) is 6.54 Å². The second kappa shape index (κ2) is 8.17. The molecule has 0 radical (unpaired) electrons. The summed E-state index contributed by atoms with van der Waals surface area (Å²) in [6.45, 7) is 4.23. The lowest BCUT2D eigenvalue weighted by molar-refractivity contribution is 0.0997. The van der Waals surface area contributed by atoms with Crippen molar-refractivity contribution in [3.8, 4) is 11.5 Å². The van der Waals surface area contributed by atoms with Crippen molar-refractivity contribution >= 4 is 50.7 Å². The molecular weight excluding hydrogens is 407 g/mol. The molecule has 0 fully saturated rings. The number of methoxy groups -OCH3 is 2. The number of halogens is 2. The molecule has 1 heterocycles. The minimum atomic E-state index is -0.400. The third-order valence-electron chi connectivity index (χ3n) is 3.83. The summed E-state index contributed by atoms with van der Waals surface area (Å²) >= 11 is 13.8. The Morgan fingerprint density at radius 1 is 1.22 bits per heavy atom. The molecule has 0 aliphatic carbocycles. The molecule has 0 atom stereocenters. The van der Waals surface area contributed by atoms with Gasteiger partial charge in [0, 0.05) is 17.1 Å². The van der Waals surface area contributed by atoms with E-state index in [-0.39, 0.29) is 0 Å². The van der Waals surface area contributed by atoms with Gasteiger partial charge in [0.25, 0.3) is 5.91 Å². The zero-order chi connectivity index (χ0) is 19.6. The number of allylic oxidation sites excluding steroid dienone is 1. The van der Waals surface area contributed by atoms with Gasteiger partial charge in [0.05, 0.1) is 29.5 Å². The smallest absolute Gasteiger partial charge is 0.279 e. The number of rotatable bonds is 5. The highest BCUT2D eigenvalue weighted by atomic mass is 35.5. The molecule has 27 heavy (non-hydrogen) atoms. The van der Waals surface area contributed by atoms with Gasteiger partial charge >= 0.3 is 0 Å². The summed E-state index contributed by atoms with van der Waals surface area (Å²) in [6.07, 6.45) is 1.72. The first-order chi connectivity index (χ1) is 13.0. The number of carbonyl (C=O) groups excluding carboxylic acids is 1. The summed E-state index contributed by atoms with van der Waals surface area (Å²) < 4.78 is 13.1. The highest BCUT2D eigenvalue weighted by molar-refractivity contribution is 7.16. The van der Waals surface area contributed by atoms with Crippen LogP contribution < -0.4 is 14.3 Å². The standard InChI is InChI=1S/C19H16Cl2N2O3S/c1-4-7-23-17-13(21)9-12(20)10-16(17)27-19(23)22-18(24)11-5-6-14(25-2)15(8-11)26-3/h4-6,8-10H,1,7H2,2-3H3. The van der Waals surface area contributed by atoms with Gasteiger partial charge in [-0.2, -0.15) is 4.99 Å². The molecule has 0 saturated heterocycles. The molecule has 3 rings (SSSR count). The minimum Gasteiger partial charge on any atom is -0.493 e. The molecule has 0 aliphatic rings. The second-order valence-corrected chi connectivity index (χ2v) is 7.36. The van der Waals surface area contributed by atoms with Crippen molar-refractivity contribution in [1.29, 1.82) is 0 Å². The van der Waals surface area contributed by atoms with E-state index in [4.69, 9.17) is 32.7 Å². The number of fused-ring (bicyclic) bond motifs is 1. The van der Waals surface area contributed by atoms with Gasteiger partial charge in [-0.05, 0) is 30.3 Å². The van der Waals surface area contributed by atoms with Gasteiger partial charge in [0.1, 0.15) is 0 Å². The fourth-order valence-electron chi connectivity index (χ4n) is 2.63. The number of thiazole rings is 1. The summed E-state index contributed by atoms with van der Waals surface area (Å²) in [4.78, 5) is 17.5. The summed E-state index contributed by atoms with van der Waals surface area (Å²) in [5.74, 6) is 0.602. The maximum atomic E-state index is 12.7. The SMILES string of the molecule is C=CCn1c(=NC(=O)c2ccc(OC)c(OC)c2)sc2cc(Cl)cc(Cl)c21. The van der Waals surface area contributed by atoms with Crippen LogP contribution in [0.1, 0.15) is 10.4 Å². The number of hydrogen-bond acceptors (Lipinski definition) is 4. The Bertz CT molecular complexity index is 1100. The van der Waals surface area contributed by atoms with Crippen molar-refractivity contribution < 1.29 is 14.3 Å². The average molecular weight is 423 g/mol. The lowest BCUT2D eigenvalue weighted by Crippen LogP contribution is -2.16. The molecule has 0 unspecified atom stereocenters. The molecule has 2 aromatic carbocycles. The highest BCUT2D eigenvalue weighted by Gasteiger charge is 2.14. The fraction of sp³-hybridized carbons (Fsp3) is 0.158. The van der Waals surface area contributed by atoms with Crippen LogP contribution >= 0.6 is 34.5 Å². The summed E-state index contributed by atoms with van der Waals surface area (Å²) in [7, 11) is 3.05. The lowest BCUT2D eigenvalue weighted by Gasteiger charge is -2.07. The Labute approximate surface area is 170 Å². The average Bonchev–Trinajstić information content (AvgIpc) is 2.98. The molecule has 0 saturated carbocycles. The normalized spacial score (nSPS) is 11.6. The Kier molecular flexibility index (Phi) is 5.89. The van der Waals surface area contributed by atoms with Gasteiger partial charge in [-0.3, -0.25) is 4.79 Å². The summed E-state index contributed by atoms with van der Waals surface area (Å²) in [5, 5.41) is 1.02. The van der Waals surface area contributed by atoms with Crippen molar-refractivity contribution in [1.82, 2.24) is 4.57 Å². The van der Waals surface area contributed by atoms with E-state index >= 15 is 0 Å². The van der Waals surface area contributed by atoms with Crippen LogP contribution in [-0.2, 0) is 6.54 Å². The van der Waals surface area contributed by atoms with E-state index < -0.39 is 5.91 Å². The van der Waals surface area contributed by atoms with E-state index in [0.717, 1.165) is 10.2 Å². The Morgan fingerprint density at radius 3 is 2.63 bits per heavy atom. The first-order valence-electron chi connectivity index (χ1n) is 7.88. The summed E-state index contributed by atoms with van der Waals surface area (Å²) in [6, 6.07) is 8.37. The predicted molar refractivity (Wildman–Crippen MR) is 109 cm³/mol. The maximum Gasteiger partial charge on any atom is 0.279 e. The van der Waals surface area contributed by atoms with Gasteiger partial charge < -0.3 is 14.0 Å². The molecule has 1 aromatic heterocycles. The van der Waals surface area contributed by atoms with Gasteiger partial charge in [0.2, 0.25) is 0 Å². The molecule has 0 spiro atoms. The number of hydrogen-bond donors (Lipinski definition) is 0. The number of ether oxygens (including phenoxy) is 2. The number of aromatic nitrogens is 1. The fourth-order valence-corrected chi connectivity index (χ4v) is 4.45. The largest absolute Gasteiger partial charge is 0.493 e. The van der Waals surface area contributed by atoms with Crippen LogP contribution in [0.2, 0.25) is 10.0 Å². The molecule has 0 aliphatic heterocycles. The zero-order valence-corrected chi connectivity index (χ0v) is 17.0. The van der Waals surface area contributed by atoms with Gasteiger partial charge in [-0.25, -0.2) is 0 Å². The number of carbonyl (C=O) groups is 1. The monoisotopic (exact) mass is 422 g/mol. The molecule has 8 heteroatoms. The Hall–Kier alpha value is -2.28.